The first-order chi connectivity index (χ1) is 12.8. The number of carbonyl (C=O) groups excluding carboxylic acids is 2. The Morgan fingerprint density at radius 2 is 2.04 bits per heavy atom. The van der Waals surface area contributed by atoms with Crippen molar-refractivity contribution in [1.29, 1.82) is 0 Å². The van der Waals surface area contributed by atoms with Crippen molar-refractivity contribution in [2.75, 3.05) is 12.3 Å². The van der Waals surface area contributed by atoms with E-state index in [2.05, 4.69) is 5.32 Å². The fourth-order valence-electron chi connectivity index (χ4n) is 3.29. The zero-order chi connectivity index (χ0) is 19.8. The lowest BCUT2D eigenvalue weighted by atomic mass is 9.86. The molecular formula is C18H23N3O6S. The molecule has 2 heterocycles. The van der Waals surface area contributed by atoms with Crippen LogP contribution in [0.5, 0.6) is 5.75 Å². The number of fused-ring (bicyclic) bond motifs is 1. The van der Waals surface area contributed by atoms with E-state index in [1.54, 1.807) is 31.2 Å². The van der Waals surface area contributed by atoms with Gasteiger partial charge in [-0.25, -0.2) is 0 Å². The van der Waals surface area contributed by atoms with Gasteiger partial charge in [0.1, 0.15) is 28.6 Å². The van der Waals surface area contributed by atoms with Gasteiger partial charge >= 0.3 is 5.97 Å². The van der Waals surface area contributed by atoms with E-state index in [1.165, 1.54) is 28.8 Å². The predicted octanol–water partition coefficient (Wildman–Crippen LogP) is -0.386. The van der Waals surface area contributed by atoms with Crippen LogP contribution in [0.15, 0.2) is 36.4 Å². The Morgan fingerprint density at radius 1 is 1.39 bits per heavy atom. The number of phenolic OH excluding ortho intramolecular Hbond substituents is 1. The van der Waals surface area contributed by atoms with Crippen molar-refractivity contribution in [3.05, 3.63) is 42.0 Å². The van der Waals surface area contributed by atoms with Gasteiger partial charge in [-0.15, -0.1) is 11.8 Å². The van der Waals surface area contributed by atoms with E-state index in [1.807, 2.05) is 0 Å². The molecule has 4 atom stereocenters. The van der Waals surface area contributed by atoms with Crippen LogP contribution in [0.4, 0.5) is 0 Å². The summed E-state index contributed by atoms with van der Waals surface area (Å²) in [6, 6.07) is 4.26. The Bertz CT molecular complexity index is 799. The number of nitrogens with two attached hydrogens (primary N) is 1. The molecule has 0 aliphatic carbocycles. The molecule has 0 saturated carbocycles. The van der Waals surface area contributed by atoms with Crippen molar-refractivity contribution in [2.45, 2.75) is 24.4 Å². The van der Waals surface area contributed by atoms with E-state index in [0.29, 0.717) is 11.3 Å². The van der Waals surface area contributed by atoms with Gasteiger partial charge in [0.25, 0.3) is 0 Å². The number of nitrogens with zero attached hydrogens (tertiary/aromatic N) is 1. The van der Waals surface area contributed by atoms with Gasteiger partial charge in [0.05, 0.1) is 0 Å². The number of nitrogens with one attached hydrogen (secondary N) is 1. The molecule has 2 aliphatic heterocycles. The van der Waals surface area contributed by atoms with Crippen LogP contribution in [-0.4, -0.2) is 62.1 Å². The monoisotopic (exact) mass is 409 g/mol. The molecule has 1 aromatic carbocycles. The number of amides is 2. The summed E-state index contributed by atoms with van der Waals surface area (Å²) < 4.78 is 0. The van der Waals surface area contributed by atoms with Crippen LogP contribution in [0, 0.1) is 5.41 Å². The van der Waals surface area contributed by atoms with Crippen LogP contribution in [-0.2, 0) is 14.4 Å². The quantitative estimate of drug-likeness (QED) is 0.380. The number of benzene rings is 1. The van der Waals surface area contributed by atoms with E-state index in [4.69, 9.17) is 5.73 Å². The number of allylic oxidation sites excluding steroid dienone is 1. The second kappa shape index (κ2) is 8.21. The van der Waals surface area contributed by atoms with Crippen molar-refractivity contribution in [3.8, 4) is 5.75 Å². The zero-order valence-electron chi connectivity index (χ0n) is 15.2. The zero-order valence-corrected chi connectivity index (χ0v) is 16.0. The number of carbonyl (C=O) groups is 3. The van der Waals surface area contributed by atoms with Crippen molar-refractivity contribution in [1.82, 2.24) is 10.2 Å². The molecule has 28 heavy (non-hydrogen) atoms. The maximum Gasteiger partial charge on any atom is 0.316 e. The normalized spacial score (nSPS) is 27.4. The smallest absolute Gasteiger partial charge is 0.316 e. The SMILES string of the molecule is CC=CC1(C(=O)O)CS[C@@H]2[C@H](NC(=O)C(N)c3ccc(O)cc3)C(=O)N2C1.O. The molecule has 0 spiro atoms. The Morgan fingerprint density at radius 3 is 2.61 bits per heavy atom. The molecule has 0 bridgehead atoms. The Kier molecular flexibility index (Phi) is 6.37. The third-order valence-corrected chi connectivity index (χ3v) is 6.40. The van der Waals surface area contributed by atoms with Crippen LogP contribution < -0.4 is 11.1 Å². The van der Waals surface area contributed by atoms with E-state index in [-0.39, 0.29) is 29.1 Å². The van der Waals surface area contributed by atoms with Gasteiger partial charge in [0.2, 0.25) is 11.8 Å². The molecule has 2 amide bonds. The summed E-state index contributed by atoms with van der Waals surface area (Å²) in [5.74, 6) is -1.40. The van der Waals surface area contributed by atoms with E-state index in [0.717, 1.165) is 0 Å². The molecule has 0 aromatic heterocycles. The van der Waals surface area contributed by atoms with E-state index < -0.39 is 29.4 Å². The molecule has 7 N–H and O–H groups in total. The second-order valence-electron chi connectivity index (χ2n) is 6.68. The van der Waals surface area contributed by atoms with Gasteiger partial charge in [0.15, 0.2) is 0 Å². The number of aliphatic carboxylic acids is 1. The minimum Gasteiger partial charge on any atom is -0.508 e. The summed E-state index contributed by atoms with van der Waals surface area (Å²) >= 11 is 1.34. The summed E-state index contributed by atoms with van der Waals surface area (Å²) in [5.41, 5.74) is 5.35. The molecule has 0 radical (unpaired) electrons. The number of carboxylic acids is 1. The number of β-lactam (4-membered cyclic amide) rings is 1. The fourth-order valence-corrected chi connectivity index (χ4v) is 4.81. The highest BCUT2D eigenvalue weighted by atomic mass is 32.2. The van der Waals surface area contributed by atoms with Gasteiger partial charge < -0.3 is 31.6 Å². The minimum absolute atomic E-state index is 0. The van der Waals surface area contributed by atoms with E-state index >= 15 is 0 Å². The van der Waals surface area contributed by atoms with Crippen LogP contribution >= 0.6 is 11.8 Å². The van der Waals surface area contributed by atoms with E-state index in [9.17, 15) is 24.6 Å². The number of carboxylic acid groups (broad SMARTS) is 1. The minimum atomic E-state index is -1.11. The van der Waals surface area contributed by atoms with Gasteiger partial charge in [0, 0.05) is 12.3 Å². The standard InChI is InChI=1S/C18H21N3O5S.H2O/c1-2-7-18(17(25)26)8-21-15(24)13(16(21)27-9-18)20-14(23)12(19)10-3-5-11(22)6-4-10;/h2-7,12-13,16,22H,8-9,19H2,1H3,(H,20,23)(H,25,26);1H2/t12?,13-,16-,18?;/m1./s1. The lowest BCUT2D eigenvalue weighted by Gasteiger charge is -2.53. The maximum atomic E-state index is 12.5. The first-order valence-corrected chi connectivity index (χ1v) is 9.48. The number of hydrogen-bond donors (Lipinski definition) is 4. The molecule has 10 heteroatoms. The van der Waals surface area contributed by atoms with Gasteiger partial charge in [-0.1, -0.05) is 24.3 Å². The highest BCUT2D eigenvalue weighted by Crippen LogP contribution is 2.43. The molecule has 2 fully saturated rings. The van der Waals surface area contributed by atoms with Gasteiger partial charge in [-0.05, 0) is 24.6 Å². The topological polar surface area (TPSA) is 164 Å². The molecule has 2 saturated heterocycles. The first kappa shape index (κ1) is 21.7. The first-order valence-electron chi connectivity index (χ1n) is 8.43. The highest BCUT2D eigenvalue weighted by Gasteiger charge is 2.56. The largest absolute Gasteiger partial charge is 0.508 e. The average Bonchev–Trinajstić information content (AvgIpc) is 2.66. The Labute approximate surface area is 165 Å². The van der Waals surface area contributed by atoms with Crippen molar-refractivity contribution in [2.24, 2.45) is 11.1 Å². The van der Waals surface area contributed by atoms with Crippen LogP contribution in [0.2, 0.25) is 0 Å². The van der Waals surface area contributed by atoms with Crippen LogP contribution in [0.25, 0.3) is 0 Å². The summed E-state index contributed by atoms with van der Waals surface area (Å²) in [6.45, 7) is 1.83. The lowest BCUT2D eigenvalue weighted by molar-refractivity contribution is -0.156. The van der Waals surface area contributed by atoms with Gasteiger partial charge in [-0.2, -0.15) is 0 Å². The Balaban J connectivity index is 0.00000280. The molecule has 9 nitrogen and oxygen atoms in total. The molecule has 2 unspecified atom stereocenters. The fraction of sp³-hybridized carbons (Fsp3) is 0.389. The Hall–Kier alpha value is -2.56. The predicted molar refractivity (Wildman–Crippen MR) is 103 cm³/mol. The van der Waals surface area contributed by atoms with Crippen molar-refractivity contribution >= 4 is 29.5 Å². The summed E-state index contributed by atoms with van der Waals surface area (Å²) in [5, 5.41) is 21.2. The number of phenols is 1. The third-order valence-electron chi connectivity index (χ3n) is 4.85. The van der Waals surface area contributed by atoms with Crippen LogP contribution in [0.1, 0.15) is 18.5 Å². The maximum absolute atomic E-state index is 12.5. The molecule has 3 rings (SSSR count). The second-order valence-corrected chi connectivity index (χ2v) is 7.79. The summed E-state index contributed by atoms with van der Waals surface area (Å²) in [4.78, 5) is 38.0. The molecule has 152 valence electrons. The molecule has 2 aliphatic rings. The number of rotatable bonds is 5. The average molecular weight is 409 g/mol. The molecule has 1 aromatic rings. The van der Waals surface area contributed by atoms with Crippen LogP contribution in [0.3, 0.4) is 0 Å². The highest BCUT2D eigenvalue weighted by molar-refractivity contribution is 8.00. The summed E-state index contributed by atoms with van der Waals surface area (Å²) in [6.07, 6.45) is 3.29. The van der Waals surface area contributed by atoms with Crippen molar-refractivity contribution < 1.29 is 30.1 Å². The lowest BCUT2D eigenvalue weighted by Crippen LogP contribution is -2.73. The number of thioether (sulfide) groups is 1. The number of hydrogen-bond acceptors (Lipinski definition) is 6. The molecular weight excluding hydrogens is 386 g/mol. The van der Waals surface area contributed by atoms with Gasteiger partial charge in [-0.3, -0.25) is 14.4 Å². The number of aromatic hydroxyl groups is 1. The summed E-state index contributed by atoms with van der Waals surface area (Å²) in [7, 11) is 0. The third kappa shape index (κ3) is 3.71. The van der Waals surface area contributed by atoms with Crippen molar-refractivity contribution in [3.63, 3.8) is 0 Å².